The van der Waals surface area contributed by atoms with E-state index in [0.29, 0.717) is 12.6 Å². The van der Waals surface area contributed by atoms with E-state index in [0.717, 1.165) is 24.1 Å². The SMILES string of the molecule is O=c1cc(NC2CCC2)cnn1Cc1cccc(O)c1. The second-order valence-electron chi connectivity index (χ2n) is 5.18. The van der Waals surface area contributed by atoms with Crippen LogP contribution in [-0.4, -0.2) is 20.9 Å². The topological polar surface area (TPSA) is 67.2 Å². The van der Waals surface area contributed by atoms with Crippen LogP contribution in [-0.2, 0) is 6.54 Å². The van der Waals surface area contributed by atoms with Crippen molar-refractivity contribution in [2.75, 3.05) is 5.32 Å². The number of phenolic OH excluding ortho intramolecular Hbond substituents is 1. The van der Waals surface area contributed by atoms with Gasteiger partial charge in [-0.15, -0.1) is 0 Å². The summed E-state index contributed by atoms with van der Waals surface area (Å²) in [7, 11) is 0. The van der Waals surface area contributed by atoms with Crippen molar-refractivity contribution >= 4 is 5.69 Å². The van der Waals surface area contributed by atoms with Crippen molar-refractivity contribution < 1.29 is 5.11 Å². The molecule has 1 fully saturated rings. The van der Waals surface area contributed by atoms with E-state index in [4.69, 9.17) is 0 Å². The quantitative estimate of drug-likeness (QED) is 0.892. The molecule has 0 amide bonds. The van der Waals surface area contributed by atoms with Gasteiger partial charge in [0.15, 0.2) is 0 Å². The van der Waals surface area contributed by atoms with Gasteiger partial charge in [-0.25, -0.2) is 4.68 Å². The van der Waals surface area contributed by atoms with Crippen LogP contribution in [0.15, 0.2) is 41.3 Å². The molecule has 0 aliphatic heterocycles. The lowest BCUT2D eigenvalue weighted by Crippen LogP contribution is -2.29. The maximum absolute atomic E-state index is 12.0. The Bertz CT molecular complexity index is 662. The Morgan fingerprint density at radius 2 is 2.20 bits per heavy atom. The van der Waals surface area contributed by atoms with Crippen LogP contribution in [0.25, 0.3) is 0 Å². The van der Waals surface area contributed by atoms with E-state index in [9.17, 15) is 9.90 Å². The lowest BCUT2D eigenvalue weighted by molar-refractivity contribution is 0.445. The summed E-state index contributed by atoms with van der Waals surface area (Å²) in [6.45, 7) is 0.358. The van der Waals surface area contributed by atoms with E-state index in [1.165, 1.54) is 11.1 Å². The Labute approximate surface area is 116 Å². The van der Waals surface area contributed by atoms with Gasteiger partial charge >= 0.3 is 0 Å². The van der Waals surface area contributed by atoms with E-state index in [1.54, 1.807) is 30.5 Å². The first-order chi connectivity index (χ1) is 9.70. The van der Waals surface area contributed by atoms with Gasteiger partial charge in [0, 0.05) is 12.1 Å². The predicted molar refractivity (Wildman–Crippen MR) is 77.0 cm³/mol. The molecule has 5 heteroatoms. The molecule has 0 bridgehead atoms. The third-order valence-electron chi connectivity index (χ3n) is 3.59. The van der Waals surface area contributed by atoms with Crippen LogP contribution in [0, 0.1) is 0 Å². The first-order valence-electron chi connectivity index (χ1n) is 6.82. The molecule has 0 saturated heterocycles. The molecule has 5 nitrogen and oxygen atoms in total. The minimum absolute atomic E-state index is 0.141. The Balaban J connectivity index is 1.75. The molecule has 104 valence electrons. The lowest BCUT2D eigenvalue weighted by Gasteiger charge is -2.27. The minimum atomic E-state index is -0.141. The third kappa shape index (κ3) is 2.82. The molecule has 2 N–H and O–H groups in total. The van der Waals surface area contributed by atoms with Gasteiger partial charge in [0.2, 0.25) is 0 Å². The van der Waals surface area contributed by atoms with Crippen LogP contribution in [0.1, 0.15) is 24.8 Å². The van der Waals surface area contributed by atoms with Gasteiger partial charge in [-0.3, -0.25) is 4.79 Å². The molecule has 20 heavy (non-hydrogen) atoms. The fraction of sp³-hybridized carbons (Fsp3) is 0.333. The van der Waals surface area contributed by atoms with Crippen molar-refractivity contribution in [1.29, 1.82) is 0 Å². The molecule has 0 unspecified atom stereocenters. The highest BCUT2D eigenvalue weighted by molar-refractivity contribution is 5.40. The number of anilines is 1. The number of aromatic nitrogens is 2. The summed E-state index contributed by atoms with van der Waals surface area (Å²) in [5.41, 5.74) is 1.49. The van der Waals surface area contributed by atoms with E-state index < -0.39 is 0 Å². The molecule has 3 rings (SSSR count). The van der Waals surface area contributed by atoms with Gasteiger partial charge in [0.05, 0.1) is 18.4 Å². The van der Waals surface area contributed by atoms with Gasteiger partial charge in [0.25, 0.3) is 5.56 Å². The number of aromatic hydroxyl groups is 1. The molecule has 0 atom stereocenters. The van der Waals surface area contributed by atoms with Crippen molar-refractivity contribution in [1.82, 2.24) is 9.78 Å². The number of hydrogen-bond donors (Lipinski definition) is 2. The predicted octanol–water partition coefficient (Wildman–Crippen LogP) is 1.96. The summed E-state index contributed by atoms with van der Waals surface area (Å²) in [6.07, 6.45) is 5.25. The molecule has 1 aromatic heterocycles. The van der Waals surface area contributed by atoms with E-state index >= 15 is 0 Å². The summed E-state index contributed by atoms with van der Waals surface area (Å²) >= 11 is 0. The van der Waals surface area contributed by atoms with Crippen molar-refractivity contribution in [2.24, 2.45) is 0 Å². The second-order valence-corrected chi connectivity index (χ2v) is 5.18. The molecule has 1 aliphatic carbocycles. The first-order valence-corrected chi connectivity index (χ1v) is 6.82. The summed E-state index contributed by atoms with van der Waals surface area (Å²) < 4.78 is 1.39. The van der Waals surface area contributed by atoms with Crippen LogP contribution in [0.4, 0.5) is 5.69 Å². The van der Waals surface area contributed by atoms with Crippen LogP contribution < -0.4 is 10.9 Å². The lowest BCUT2D eigenvalue weighted by atomic mass is 9.93. The zero-order chi connectivity index (χ0) is 13.9. The van der Waals surface area contributed by atoms with Crippen LogP contribution >= 0.6 is 0 Å². The molecule has 1 heterocycles. The summed E-state index contributed by atoms with van der Waals surface area (Å²) in [5.74, 6) is 0.193. The average Bonchev–Trinajstić information content (AvgIpc) is 2.37. The summed E-state index contributed by atoms with van der Waals surface area (Å²) in [5, 5.41) is 16.9. The number of benzene rings is 1. The van der Waals surface area contributed by atoms with Crippen LogP contribution in [0.5, 0.6) is 5.75 Å². The molecule has 0 radical (unpaired) electrons. The fourth-order valence-electron chi connectivity index (χ4n) is 2.25. The van der Waals surface area contributed by atoms with Crippen molar-refractivity contribution in [3.05, 3.63) is 52.4 Å². The maximum atomic E-state index is 12.0. The molecular formula is C15H17N3O2. The highest BCUT2D eigenvalue weighted by Gasteiger charge is 2.17. The minimum Gasteiger partial charge on any atom is -0.508 e. The highest BCUT2D eigenvalue weighted by atomic mass is 16.3. The number of nitrogens with one attached hydrogen (secondary N) is 1. The van der Waals surface area contributed by atoms with Gasteiger partial charge in [-0.1, -0.05) is 12.1 Å². The first kappa shape index (κ1) is 12.7. The van der Waals surface area contributed by atoms with Gasteiger partial charge in [-0.2, -0.15) is 5.10 Å². The maximum Gasteiger partial charge on any atom is 0.269 e. The number of phenols is 1. The summed E-state index contributed by atoms with van der Waals surface area (Å²) in [4.78, 5) is 12.0. The Kier molecular flexibility index (Phi) is 3.41. The largest absolute Gasteiger partial charge is 0.508 e. The molecular weight excluding hydrogens is 254 g/mol. The Morgan fingerprint density at radius 3 is 2.85 bits per heavy atom. The molecule has 1 aliphatic rings. The standard InChI is InChI=1S/C15H17N3O2/c19-14-6-1-3-11(7-14)10-18-15(20)8-13(9-16-18)17-12-4-2-5-12/h1,3,6-9,12,17,19H,2,4-5,10H2. The van der Waals surface area contributed by atoms with Gasteiger partial charge in [0.1, 0.15) is 5.75 Å². The zero-order valence-electron chi connectivity index (χ0n) is 11.1. The molecule has 0 spiro atoms. The average molecular weight is 271 g/mol. The van der Waals surface area contributed by atoms with E-state index in [1.807, 2.05) is 6.07 Å². The zero-order valence-corrected chi connectivity index (χ0v) is 11.1. The molecule has 2 aromatic rings. The van der Waals surface area contributed by atoms with Crippen LogP contribution in [0.2, 0.25) is 0 Å². The number of nitrogens with zero attached hydrogens (tertiary/aromatic N) is 2. The number of hydrogen-bond acceptors (Lipinski definition) is 4. The van der Waals surface area contributed by atoms with E-state index in [2.05, 4.69) is 10.4 Å². The van der Waals surface area contributed by atoms with Crippen molar-refractivity contribution in [3.63, 3.8) is 0 Å². The van der Waals surface area contributed by atoms with Gasteiger partial charge in [-0.05, 0) is 37.0 Å². The third-order valence-corrected chi connectivity index (χ3v) is 3.59. The second kappa shape index (κ2) is 5.36. The Morgan fingerprint density at radius 1 is 1.35 bits per heavy atom. The molecule has 1 aromatic carbocycles. The fourth-order valence-corrected chi connectivity index (χ4v) is 2.25. The van der Waals surface area contributed by atoms with Crippen molar-refractivity contribution in [3.8, 4) is 5.75 Å². The Hall–Kier alpha value is -2.30. The normalized spacial score (nSPS) is 14.8. The monoisotopic (exact) mass is 271 g/mol. The number of rotatable bonds is 4. The van der Waals surface area contributed by atoms with Crippen LogP contribution in [0.3, 0.4) is 0 Å². The summed E-state index contributed by atoms with van der Waals surface area (Å²) in [6, 6.07) is 8.91. The highest BCUT2D eigenvalue weighted by Crippen LogP contribution is 2.22. The smallest absolute Gasteiger partial charge is 0.269 e. The van der Waals surface area contributed by atoms with Crippen molar-refractivity contribution in [2.45, 2.75) is 31.8 Å². The van der Waals surface area contributed by atoms with Gasteiger partial charge < -0.3 is 10.4 Å². The van der Waals surface area contributed by atoms with E-state index in [-0.39, 0.29) is 11.3 Å². The molecule has 1 saturated carbocycles.